The minimum absolute atomic E-state index is 0.101. The molecule has 5 atom stereocenters. The number of phosphoric ester groups is 2. The summed E-state index contributed by atoms with van der Waals surface area (Å²) in [5.41, 5.74) is 0. The van der Waals surface area contributed by atoms with Crippen LogP contribution in [0.1, 0.15) is 369 Å². The summed E-state index contributed by atoms with van der Waals surface area (Å²) in [6, 6.07) is 0. The number of hydrogen-bond acceptors (Lipinski definition) is 15. The Kier molecular flexibility index (Phi) is 65.6. The van der Waals surface area contributed by atoms with E-state index in [0.717, 1.165) is 121 Å². The highest BCUT2D eigenvalue weighted by molar-refractivity contribution is 7.47. The lowest BCUT2D eigenvalue weighted by Gasteiger charge is -2.21. The Hall–Kier alpha value is -2.46. The molecular weight excluding hydrogens is 1250 g/mol. The average Bonchev–Trinajstić information content (AvgIpc) is 3.27. The Balaban J connectivity index is 5.26. The molecule has 0 spiro atoms. The molecule has 0 aliphatic carbocycles. The second-order valence-electron chi connectivity index (χ2n) is 27.7. The fourth-order valence-corrected chi connectivity index (χ4v) is 12.7. The lowest BCUT2D eigenvalue weighted by Crippen LogP contribution is -2.30. The van der Waals surface area contributed by atoms with Gasteiger partial charge in [-0.1, -0.05) is 316 Å². The topological polar surface area (TPSA) is 237 Å². The summed E-state index contributed by atoms with van der Waals surface area (Å²) in [6.45, 7) is 9.41. The van der Waals surface area contributed by atoms with Crippen LogP contribution in [0.15, 0.2) is 24.3 Å². The van der Waals surface area contributed by atoms with Gasteiger partial charge in [-0.25, -0.2) is 9.13 Å². The number of aliphatic hydroxyl groups excluding tert-OH is 1. The molecule has 0 radical (unpaired) electrons. The molecule has 0 aliphatic heterocycles. The van der Waals surface area contributed by atoms with Crippen LogP contribution in [0.4, 0.5) is 0 Å². The molecule has 3 N–H and O–H groups in total. The number of aliphatic hydroxyl groups is 1. The van der Waals surface area contributed by atoms with E-state index >= 15 is 0 Å². The van der Waals surface area contributed by atoms with E-state index in [0.29, 0.717) is 31.6 Å². The van der Waals surface area contributed by atoms with Gasteiger partial charge in [-0.2, -0.15) is 0 Å². The van der Waals surface area contributed by atoms with Crippen molar-refractivity contribution in [1.82, 2.24) is 0 Å². The molecule has 95 heavy (non-hydrogen) atoms. The fourth-order valence-electron chi connectivity index (χ4n) is 11.1. The van der Waals surface area contributed by atoms with Crippen molar-refractivity contribution in [3.8, 4) is 0 Å². The molecule has 560 valence electrons. The standard InChI is InChI=1S/C76H144O17P2/c1-7-9-11-13-15-17-19-21-23-24-25-26-28-30-32-36-40-48-54-60-75(80)92-71(64-86-73(78)58-52-46-39-35-31-29-27-22-20-18-16-14-12-10-8-2)66-90-94(82,83)88-62-70(77)63-89-95(84,85)91-67-72(65-87-74(79)59-53-47-43-42-45-51-57-69(5)6)93-76(81)61-55-49-41-37-33-34-38-44-50-56-68(3)4/h18,20,22,27,68-72,77H,7-17,19,21,23-26,28-67H2,1-6H3,(H,82,83)(H,84,85)/b20-18-,27-22-/t70-,71-,72-/m1/s1. The first-order chi connectivity index (χ1) is 45.9. The number of esters is 4. The first-order valence-electron chi connectivity index (χ1n) is 38.8. The van der Waals surface area contributed by atoms with Crippen molar-refractivity contribution in [1.29, 1.82) is 0 Å². The van der Waals surface area contributed by atoms with Gasteiger partial charge in [0.15, 0.2) is 12.2 Å². The molecule has 17 nitrogen and oxygen atoms in total. The van der Waals surface area contributed by atoms with Crippen molar-refractivity contribution < 1.29 is 80.2 Å². The summed E-state index contributed by atoms with van der Waals surface area (Å²) >= 11 is 0. The third-order valence-corrected chi connectivity index (χ3v) is 19.0. The van der Waals surface area contributed by atoms with Crippen LogP contribution in [-0.4, -0.2) is 96.7 Å². The van der Waals surface area contributed by atoms with Crippen molar-refractivity contribution in [2.24, 2.45) is 11.8 Å². The van der Waals surface area contributed by atoms with Crippen molar-refractivity contribution in [2.45, 2.75) is 387 Å². The third kappa shape index (κ3) is 69.8. The first kappa shape index (κ1) is 92.5. The van der Waals surface area contributed by atoms with Crippen LogP contribution in [0.2, 0.25) is 0 Å². The highest BCUT2D eigenvalue weighted by atomic mass is 31.2. The van der Waals surface area contributed by atoms with Gasteiger partial charge in [-0.15, -0.1) is 0 Å². The zero-order chi connectivity index (χ0) is 70.0. The zero-order valence-electron chi connectivity index (χ0n) is 61.5. The molecule has 0 aromatic heterocycles. The summed E-state index contributed by atoms with van der Waals surface area (Å²) < 4.78 is 68.4. The number of allylic oxidation sites excluding steroid dienone is 4. The molecule has 0 amide bonds. The third-order valence-electron chi connectivity index (χ3n) is 17.1. The van der Waals surface area contributed by atoms with E-state index in [2.05, 4.69) is 65.8 Å². The van der Waals surface area contributed by atoms with Gasteiger partial charge in [-0.05, 0) is 63.2 Å². The summed E-state index contributed by atoms with van der Waals surface area (Å²) in [5.74, 6) is -0.737. The quantitative estimate of drug-likeness (QED) is 0.0169. The monoisotopic (exact) mass is 1390 g/mol. The number of unbranched alkanes of at least 4 members (excludes halogenated alkanes) is 40. The van der Waals surface area contributed by atoms with Crippen LogP contribution in [0.25, 0.3) is 0 Å². The Morgan fingerprint density at radius 2 is 0.568 bits per heavy atom. The van der Waals surface area contributed by atoms with E-state index in [-0.39, 0.29) is 25.7 Å². The van der Waals surface area contributed by atoms with Gasteiger partial charge in [0, 0.05) is 25.7 Å². The number of carbonyl (C=O) groups is 4. The number of ether oxygens (including phenoxy) is 4. The van der Waals surface area contributed by atoms with Crippen molar-refractivity contribution in [2.75, 3.05) is 39.6 Å². The summed E-state index contributed by atoms with van der Waals surface area (Å²) in [5, 5.41) is 10.6. The van der Waals surface area contributed by atoms with Gasteiger partial charge < -0.3 is 33.8 Å². The Morgan fingerprint density at radius 1 is 0.326 bits per heavy atom. The molecule has 0 fully saturated rings. The highest BCUT2D eigenvalue weighted by Gasteiger charge is 2.30. The Morgan fingerprint density at radius 3 is 0.863 bits per heavy atom. The van der Waals surface area contributed by atoms with Gasteiger partial charge in [0.25, 0.3) is 0 Å². The van der Waals surface area contributed by atoms with E-state index in [4.69, 9.17) is 37.0 Å². The lowest BCUT2D eigenvalue weighted by atomic mass is 10.0. The zero-order valence-corrected chi connectivity index (χ0v) is 63.2. The predicted molar refractivity (Wildman–Crippen MR) is 386 cm³/mol. The van der Waals surface area contributed by atoms with E-state index < -0.39 is 97.5 Å². The van der Waals surface area contributed by atoms with Gasteiger partial charge in [0.1, 0.15) is 19.3 Å². The second-order valence-corrected chi connectivity index (χ2v) is 30.6. The number of carbonyl (C=O) groups excluding carboxylic acids is 4. The van der Waals surface area contributed by atoms with Gasteiger partial charge in [0.2, 0.25) is 0 Å². The van der Waals surface area contributed by atoms with Gasteiger partial charge in [-0.3, -0.25) is 37.3 Å². The van der Waals surface area contributed by atoms with Gasteiger partial charge in [0.05, 0.1) is 26.4 Å². The maximum atomic E-state index is 13.1. The van der Waals surface area contributed by atoms with Crippen LogP contribution in [0.5, 0.6) is 0 Å². The van der Waals surface area contributed by atoms with Crippen LogP contribution < -0.4 is 0 Å². The number of phosphoric acid groups is 2. The van der Waals surface area contributed by atoms with Crippen LogP contribution in [-0.2, 0) is 65.4 Å². The van der Waals surface area contributed by atoms with Crippen LogP contribution in [0.3, 0.4) is 0 Å². The SMILES string of the molecule is CCCCCC/C=C\C=C/CCCCCCCC(=O)OC[C@H](COP(=O)(O)OC[C@@H](O)COP(=O)(O)OC[C@@H](COC(=O)CCCCCCCCC(C)C)OC(=O)CCCCCCCCCCCC(C)C)OC(=O)CCCCCCCCCCCCCCCCCCCCC. The maximum absolute atomic E-state index is 13.1. The molecule has 19 heteroatoms. The molecule has 0 aromatic carbocycles. The van der Waals surface area contributed by atoms with Crippen molar-refractivity contribution in [3.63, 3.8) is 0 Å². The maximum Gasteiger partial charge on any atom is 0.472 e. The molecule has 0 saturated carbocycles. The second kappa shape index (κ2) is 67.4. The number of rotatable bonds is 73. The molecule has 0 saturated heterocycles. The van der Waals surface area contributed by atoms with E-state index in [1.54, 1.807) is 0 Å². The Bertz CT molecular complexity index is 1930. The Labute approximate surface area is 580 Å². The predicted octanol–water partition coefficient (Wildman–Crippen LogP) is 21.9. The average molecular weight is 1390 g/mol. The van der Waals surface area contributed by atoms with E-state index in [9.17, 15) is 43.2 Å². The van der Waals surface area contributed by atoms with E-state index in [1.165, 1.54) is 161 Å². The van der Waals surface area contributed by atoms with Crippen LogP contribution in [0, 0.1) is 11.8 Å². The minimum atomic E-state index is -4.96. The highest BCUT2D eigenvalue weighted by Crippen LogP contribution is 2.45. The summed E-state index contributed by atoms with van der Waals surface area (Å²) in [4.78, 5) is 72.7. The molecule has 0 aliphatic rings. The molecule has 0 rings (SSSR count). The molecule has 2 unspecified atom stereocenters. The first-order valence-corrected chi connectivity index (χ1v) is 41.8. The van der Waals surface area contributed by atoms with Crippen molar-refractivity contribution in [3.05, 3.63) is 24.3 Å². The molecule has 0 aromatic rings. The van der Waals surface area contributed by atoms with Crippen LogP contribution >= 0.6 is 15.6 Å². The molecule has 0 heterocycles. The minimum Gasteiger partial charge on any atom is -0.462 e. The number of hydrogen-bond donors (Lipinski definition) is 3. The normalized spacial score (nSPS) is 14.2. The smallest absolute Gasteiger partial charge is 0.462 e. The molecule has 0 bridgehead atoms. The largest absolute Gasteiger partial charge is 0.472 e. The summed E-state index contributed by atoms with van der Waals surface area (Å²) in [7, 11) is -9.92. The van der Waals surface area contributed by atoms with Gasteiger partial charge >= 0.3 is 39.5 Å². The fraction of sp³-hybridized carbons (Fsp3) is 0.895. The lowest BCUT2D eigenvalue weighted by molar-refractivity contribution is -0.161. The summed E-state index contributed by atoms with van der Waals surface area (Å²) in [6.07, 6.45) is 57.9. The van der Waals surface area contributed by atoms with E-state index in [1.807, 2.05) is 0 Å². The van der Waals surface area contributed by atoms with Crippen molar-refractivity contribution >= 4 is 39.5 Å². The molecular formula is C76H144O17P2.